The Bertz CT molecular complexity index is 2000. The number of nitrogens with two attached hydrogens (primary N) is 1. The Morgan fingerprint density at radius 2 is 1.48 bits per heavy atom. The number of nitrogens with zero attached hydrogens (tertiary/aromatic N) is 1. The van der Waals surface area contributed by atoms with Crippen LogP contribution in [0, 0.1) is 0 Å². The summed E-state index contributed by atoms with van der Waals surface area (Å²) in [6, 6.07) is 38.0. The van der Waals surface area contributed by atoms with E-state index in [2.05, 4.69) is 72.0 Å². The van der Waals surface area contributed by atoms with Gasteiger partial charge in [-0.05, 0) is 84.6 Å². The highest BCUT2D eigenvalue weighted by molar-refractivity contribution is 5.93. The van der Waals surface area contributed by atoms with Gasteiger partial charge in [0.2, 0.25) is 11.8 Å². The molecule has 1 fully saturated rings. The Balaban J connectivity index is 1.04. The van der Waals surface area contributed by atoms with Crippen molar-refractivity contribution in [3.63, 3.8) is 0 Å². The lowest BCUT2D eigenvalue weighted by Crippen LogP contribution is -2.38. The van der Waals surface area contributed by atoms with Crippen LogP contribution in [0.2, 0.25) is 0 Å². The fourth-order valence-corrected chi connectivity index (χ4v) is 6.97. The number of carbonyl (C=O) groups excluding carboxylic acids is 2. The molecule has 0 spiro atoms. The first-order valence-corrected chi connectivity index (χ1v) is 19.0. The summed E-state index contributed by atoms with van der Waals surface area (Å²) in [5.41, 5.74) is 11.7. The lowest BCUT2D eigenvalue weighted by atomic mass is 9.98. The van der Waals surface area contributed by atoms with Crippen molar-refractivity contribution in [1.82, 2.24) is 4.90 Å². The van der Waals surface area contributed by atoms with Gasteiger partial charge in [0, 0.05) is 43.1 Å². The van der Waals surface area contributed by atoms with Crippen molar-refractivity contribution in [2.24, 2.45) is 0 Å². The molecule has 0 aromatic heterocycles. The summed E-state index contributed by atoms with van der Waals surface area (Å²) < 4.78 is 13.3. The van der Waals surface area contributed by atoms with E-state index in [1.54, 1.807) is 12.1 Å². The Kier molecular flexibility index (Phi) is 13.5. The average Bonchev–Trinajstić information content (AvgIpc) is 3.19. The molecule has 0 radical (unpaired) electrons. The quantitative estimate of drug-likeness (QED) is 0.0590. The van der Waals surface area contributed by atoms with E-state index >= 15 is 0 Å². The summed E-state index contributed by atoms with van der Waals surface area (Å²) in [6.45, 7) is 2.91. The van der Waals surface area contributed by atoms with Crippen LogP contribution in [0.5, 0.6) is 0 Å². The smallest absolute Gasteiger partial charge is 0.224 e. The highest BCUT2D eigenvalue weighted by atomic mass is 16.7. The minimum Gasteiger partial charge on any atom is -0.397 e. The third-order valence-electron chi connectivity index (χ3n) is 10.3. The molecule has 4 unspecified atom stereocenters. The molecule has 2 amide bonds. The monoisotopic (exact) mass is 728 g/mol. The maximum atomic E-state index is 12.9. The van der Waals surface area contributed by atoms with Gasteiger partial charge in [-0.25, -0.2) is 0 Å². The lowest BCUT2D eigenvalue weighted by molar-refractivity contribution is -0.253. The zero-order valence-corrected chi connectivity index (χ0v) is 31.2. The zero-order valence-electron chi connectivity index (χ0n) is 31.2. The molecule has 6 rings (SSSR count). The SMILES string of the molecule is CC(c1ccc2ccccc2c1)N(C)CC1CC(c2ccc(CO)cc2)OC(c2cccc(NC(=O)CCCCCCC(=O)Nc3ccccc3N)c2)O1. The summed E-state index contributed by atoms with van der Waals surface area (Å²) in [5, 5.41) is 18.0. The largest absolute Gasteiger partial charge is 0.397 e. The molecule has 0 bridgehead atoms. The van der Waals surface area contributed by atoms with Gasteiger partial charge in [-0.15, -0.1) is 0 Å². The molecule has 5 N–H and O–H groups in total. The molecule has 1 heterocycles. The van der Waals surface area contributed by atoms with Gasteiger partial charge in [0.25, 0.3) is 0 Å². The van der Waals surface area contributed by atoms with Crippen LogP contribution in [-0.2, 0) is 25.7 Å². The van der Waals surface area contributed by atoms with Crippen molar-refractivity contribution in [3.8, 4) is 0 Å². The predicted molar refractivity (Wildman–Crippen MR) is 216 cm³/mol. The topological polar surface area (TPSA) is 126 Å². The number of hydrogen-bond donors (Lipinski definition) is 4. The highest BCUT2D eigenvalue weighted by Crippen LogP contribution is 2.39. The van der Waals surface area contributed by atoms with Crippen molar-refractivity contribution in [1.29, 1.82) is 0 Å². The predicted octanol–water partition coefficient (Wildman–Crippen LogP) is 9.07. The Labute approximate surface area is 318 Å². The van der Waals surface area contributed by atoms with Crippen molar-refractivity contribution >= 4 is 39.6 Å². The van der Waals surface area contributed by atoms with E-state index in [1.165, 1.54) is 16.3 Å². The second kappa shape index (κ2) is 18.8. The molecule has 5 aromatic rings. The van der Waals surface area contributed by atoms with E-state index < -0.39 is 6.29 Å². The van der Waals surface area contributed by atoms with Gasteiger partial charge in [0.15, 0.2) is 6.29 Å². The number of carbonyl (C=O) groups is 2. The molecule has 282 valence electrons. The summed E-state index contributed by atoms with van der Waals surface area (Å²) in [7, 11) is 2.13. The van der Waals surface area contributed by atoms with Gasteiger partial charge in [-0.3, -0.25) is 14.5 Å². The van der Waals surface area contributed by atoms with Gasteiger partial charge in [0.1, 0.15) is 0 Å². The first kappa shape index (κ1) is 38.7. The first-order valence-electron chi connectivity index (χ1n) is 19.0. The maximum absolute atomic E-state index is 12.9. The summed E-state index contributed by atoms with van der Waals surface area (Å²) >= 11 is 0. The zero-order chi connectivity index (χ0) is 37.9. The van der Waals surface area contributed by atoms with Crippen molar-refractivity contribution in [2.75, 3.05) is 30.0 Å². The summed E-state index contributed by atoms with van der Waals surface area (Å²) in [5.74, 6) is -0.116. The number of ether oxygens (including phenoxy) is 2. The molecule has 1 aliphatic heterocycles. The molecule has 0 saturated carbocycles. The average molecular weight is 729 g/mol. The first-order chi connectivity index (χ1) is 26.2. The minimum absolute atomic E-state index is 0.0136. The second-order valence-electron chi connectivity index (χ2n) is 14.3. The van der Waals surface area contributed by atoms with E-state index in [9.17, 15) is 14.7 Å². The van der Waals surface area contributed by atoms with Gasteiger partial charge < -0.3 is 30.9 Å². The standard InChI is InChI=1S/C45H52N4O5/c1-31(35-25-24-33-12-7-8-13-36(33)26-35)49(2)29-39-28-42(34-22-20-32(30-50)21-23-34)54-45(53-39)37-14-11-15-38(27-37)47-43(51)18-5-3-4-6-19-44(52)48-41-17-10-9-16-40(41)46/h7-17,20-27,31,39,42,45,50H,3-6,18-19,28-30,46H2,1-2H3,(H,47,51)(H,48,52). The van der Waals surface area contributed by atoms with E-state index in [1.807, 2.05) is 60.7 Å². The lowest BCUT2D eigenvalue weighted by Gasteiger charge is -2.39. The normalized spacial score (nSPS) is 17.7. The van der Waals surface area contributed by atoms with Crippen LogP contribution in [0.1, 0.15) is 92.6 Å². The number of amides is 2. The number of likely N-dealkylation sites (N-methyl/N-ethyl adjacent to an activating group) is 1. The number of fused-ring (bicyclic) bond motifs is 1. The fourth-order valence-electron chi connectivity index (χ4n) is 6.97. The number of benzene rings is 5. The Hall–Kier alpha value is -5.06. The number of unbranched alkanes of at least 4 members (excludes halogenated alkanes) is 3. The maximum Gasteiger partial charge on any atom is 0.224 e. The van der Waals surface area contributed by atoms with Gasteiger partial charge in [0.05, 0.1) is 30.2 Å². The molecule has 9 heteroatoms. The molecule has 1 aliphatic rings. The van der Waals surface area contributed by atoms with Crippen LogP contribution < -0.4 is 16.4 Å². The van der Waals surface area contributed by atoms with E-state index in [0.717, 1.165) is 42.4 Å². The van der Waals surface area contributed by atoms with Crippen LogP contribution in [0.3, 0.4) is 0 Å². The Morgan fingerprint density at radius 1 is 0.778 bits per heavy atom. The van der Waals surface area contributed by atoms with Crippen LogP contribution in [-0.4, -0.2) is 41.5 Å². The molecular formula is C45H52N4O5. The molecule has 54 heavy (non-hydrogen) atoms. The van der Waals surface area contributed by atoms with Crippen LogP contribution >= 0.6 is 0 Å². The van der Waals surface area contributed by atoms with Crippen LogP contribution in [0.15, 0.2) is 115 Å². The van der Waals surface area contributed by atoms with E-state index in [-0.39, 0.29) is 36.7 Å². The molecule has 1 saturated heterocycles. The number of aliphatic hydroxyl groups is 1. The minimum atomic E-state index is -0.636. The van der Waals surface area contributed by atoms with Crippen LogP contribution in [0.4, 0.5) is 17.1 Å². The summed E-state index contributed by atoms with van der Waals surface area (Å²) in [4.78, 5) is 27.5. The molecule has 4 atom stereocenters. The van der Waals surface area contributed by atoms with E-state index in [4.69, 9.17) is 15.2 Å². The Morgan fingerprint density at radius 3 is 2.22 bits per heavy atom. The number of para-hydroxylation sites is 2. The third-order valence-corrected chi connectivity index (χ3v) is 10.3. The van der Waals surface area contributed by atoms with E-state index in [0.29, 0.717) is 42.9 Å². The number of nitrogen functional groups attached to an aromatic ring is 1. The van der Waals surface area contributed by atoms with Gasteiger partial charge >= 0.3 is 0 Å². The molecule has 0 aliphatic carbocycles. The van der Waals surface area contributed by atoms with Crippen LogP contribution in [0.25, 0.3) is 10.8 Å². The fraction of sp³-hybridized carbons (Fsp3) is 0.333. The summed E-state index contributed by atoms with van der Waals surface area (Å²) in [6.07, 6.45) is 3.69. The second-order valence-corrected chi connectivity index (χ2v) is 14.3. The van der Waals surface area contributed by atoms with Crippen molar-refractivity contribution < 1.29 is 24.2 Å². The third kappa shape index (κ3) is 10.5. The number of rotatable bonds is 16. The molecule has 9 nitrogen and oxygen atoms in total. The number of hydrogen-bond acceptors (Lipinski definition) is 7. The number of aliphatic hydroxyl groups excluding tert-OH is 1. The molecular weight excluding hydrogens is 677 g/mol. The number of anilines is 3. The number of nitrogens with one attached hydrogen (secondary N) is 2. The molecule has 5 aromatic carbocycles. The van der Waals surface area contributed by atoms with Crippen molar-refractivity contribution in [2.45, 2.75) is 83.0 Å². The van der Waals surface area contributed by atoms with Gasteiger partial charge in [-0.1, -0.05) is 97.8 Å². The van der Waals surface area contributed by atoms with Gasteiger partial charge in [-0.2, -0.15) is 0 Å². The highest BCUT2D eigenvalue weighted by Gasteiger charge is 2.33. The van der Waals surface area contributed by atoms with Crippen molar-refractivity contribution in [3.05, 3.63) is 138 Å².